The Hall–Kier alpha value is -2.96. The Kier molecular flexibility index (Phi) is 6.80. The van der Waals surface area contributed by atoms with Crippen LogP contribution in [0, 0.1) is 0 Å². The number of aliphatic hydroxyl groups is 1. The molecule has 3 rings (SSSR count). The molecule has 0 unspecified atom stereocenters. The zero-order valence-corrected chi connectivity index (χ0v) is 17.5. The summed E-state index contributed by atoms with van der Waals surface area (Å²) in [6.07, 6.45) is 1.49. The van der Waals surface area contributed by atoms with Crippen LogP contribution in [-0.2, 0) is 10.4 Å². The zero-order valence-electron chi connectivity index (χ0n) is 15.9. The highest BCUT2D eigenvalue weighted by molar-refractivity contribution is 9.10. The molecule has 148 valence electrons. The fraction of sp³-hybridized carbons (Fsp3) is 0.130. The van der Waals surface area contributed by atoms with Gasteiger partial charge in [-0.3, -0.25) is 4.79 Å². The van der Waals surface area contributed by atoms with E-state index < -0.39 is 11.5 Å². The minimum absolute atomic E-state index is 0.455. The van der Waals surface area contributed by atoms with Crippen LogP contribution in [0.1, 0.15) is 23.6 Å². The van der Waals surface area contributed by atoms with Crippen molar-refractivity contribution >= 4 is 28.1 Å². The summed E-state index contributed by atoms with van der Waals surface area (Å²) in [5.41, 5.74) is 2.20. The molecule has 6 heteroatoms. The van der Waals surface area contributed by atoms with Gasteiger partial charge in [0.25, 0.3) is 5.91 Å². The number of hydrazone groups is 1. The molecule has 0 atom stereocenters. The first-order valence-corrected chi connectivity index (χ1v) is 9.94. The van der Waals surface area contributed by atoms with Crippen molar-refractivity contribution in [2.45, 2.75) is 12.5 Å². The van der Waals surface area contributed by atoms with Crippen molar-refractivity contribution in [1.29, 1.82) is 0 Å². The van der Waals surface area contributed by atoms with Crippen molar-refractivity contribution in [3.8, 4) is 5.75 Å². The Morgan fingerprint density at radius 1 is 1.07 bits per heavy atom. The molecule has 0 aliphatic heterocycles. The minimum atomic E-state index is -1.88. The van der Waals surface area contributed by atoms with Gasteiger partial charge >= 0.3 is 0 Å². The maximum Gasteiger partial charge on any atom is 0.281 e. The van der Waals surface area contributed by atoms with E-state index in [1.54, 1.807) is 48.5 Å². The van der Waals surface area contributed by atoms with Crippen molar-refractivity contribution in [2.75, 3.05) is 6.61 Å². The second-order valence-corrected chi connectivity index (χ2v) is 7.17. The summed E-state index contributed by atoms with van der Waals surface area (Å²) >= 11 is 3.42. The smallest absolute Gasteiger partial charge is 0.281 e. The maximum absolute atomic E-state index is 13.0. The van der Waals surface area contributed by atoms with Gasteiger partial charge in [-0.2, -0.15) is 5.10 Å². The van der Waals surface area contributed by atoms with E-state index in [0.717, 1.165) is 4.47 Å². The molecule has 0 radical (unpaired) electrons. The highest BCUT2D eigenvalue weighted by Gasteiger charge is 2.39. The molecule has 0 saturated carbocycles. The van der Waals surface area contributed by atoms with Crippen molar-refractivity contribution < 1.29 is 14.6 Å². The van der Waals surface area contributed by atoms with Gasteiger partial charge in [0.1, 0.15) is 5.75 Å². The van der Waals surface area contributed by atoms with Crippen LogP contribution in [-0.4, -0.2) is 23.8 Å². The molecule has 0 fully saturated rings. The third-order valence-electron chi connectivity index (χ3n) is 4.35. The summed E-state index contributed by atoms with van der Waals surface area (Å²) in [7, 11) is 0. The molecule has 0 spiro atoms. The summed E-state index contributed by atoms with van der Waals surface area (Å²) in [6, 6.07) is 23.1. The fourth-order valence-corrected chi connectivity index (χ4v) is 3.31. The van der Waals surface area contributed by atoms with E-state index >= 15 is 0 Å². The Morgan fingerprint density at radius 3 is 2.21 bits per heavy atom. The van der Waals surface area contributed by atoms with Crippen LogP contribution in [0.15, 0.2) is 88.4 Å². The van der Waals surface area contributed by atoms with Gasteiger partial charge in [-0.05, 0) is 36.2 Å². The third-order valence-corrected chi connectivity index (χ3v) is 4.85. The van der Waals surface area contributed by atoms with Gasteiger partial charge in [0.15, 0.2) is 5.60 Å². The molecule has 3 aromatic carbocycles. The predicted molar refractivity (Wildman–Crippen MR) is 117 cm³/mol. The van der Waals surface area contributed by atoms with Crippen LogP contribution in [0.25, 0.3) is 0 Å². The lowest BCUT2D eigenvalue weighted by Gasteiger charge is -2.27. The summed E-state index contributed by atoms with van der Waals surface area (Å²) in [6.45, 7) is 2.40. The van der Waals surface area contributed by atoms with E-state index in [-0.39, 0.29) is 0 Å². The summed E-state index contributed by atoms with van der Waals surface area (Å²) in [5, 5.41) is 15.4. The molecule has 0 saturated heterocycles. The number of carbonyl (C=O) groups is 1. The number of rotatable bonds is 7. The van der Waals surface area contributed by atoms with E-state index in [9.17, 15) is 9.90 Å². The standard InChI is InChI=1S/C23H21BrN2O3/c1-2-29-21-14-13-20(24)15-17(21)16-25-26-22(27)23(28,18-9-5-3-6-10-18)19-11-7-4-8-12-19/h3-16,28H,2H2,1H3,(H,26,27). The normalized spacial score (nSPS) is 11.4. The van der Waals surface area contributed by atoms with Crippen LogP contribution in [0.3, 0.4) is 0 Å². The monoisotopic (exact) mass is 452 g/mol. The van der Waals surface area contributed by atoms with Crippen LogP contribution < -0.4 is 10.2 Å². The third kappa shape index (κ3) is 4.72. The van der Waals surface area contributed by atoms with Gasteiger partial charge in [-0.25, -0.2) is 5.43 Å². The summed E-state index contributed by atoms with van der Waals surface area (Å²) in [5.74, 6) is -0.00538. The lowest BCUT2D eigenvalue weighted by Crippen LogP contribution is -2.43. The molecule has 5 nitrogen and oxygen atoms in total. The molecule has 0 heterocycles. The lowest BCUT2D eigenvalue weighted by atomic mass is 9.85. The highest BCUT2D eigenvalue weighted by atomic mass is 79.9. The van der Waals surface area contributed by atoms with Gasteiger partial charge in [0, 0.05) is 10.0 Å². The Balaban J connectivity index is 1.89. The summed E-state index contributed by atoms with van der Waals surface area (Å²) < 4.78 is 6.44. The molecule has 0 aromatic heterocycles. The van der Waals surface area contributed by atoms with Crippen molar-refractivity contribution in [2.24, 2.45) is 5.10 Å². The number of halogens is 1. The molecule has 0 aliphatic carbocycles. The number of ether oxygens (including phenoxy) is 1. The first kappa shape index (κ1) is 20.8. The van der Waals surface area contributed by atoms with Crippen LogP contribution in [0.2, 0.25) is 0 Å². The second kappa shape index (κ2) is 9.49. The number of carbonyl (C=O) groups excluding carboxylic acids is 1. The van der Waals surface area contributed by atoms with E-state index in [0.29, 0.717) is 29.0 Å². The van der Waals surface area contributed by atoms with E-state index in [1.165, 1.54) is 6.21 Å². The van der Waals surface area contributed by atoms with E-state index in [4.69, 9.17) is 4.74 Å². The Bertz CT molecular complexity index is 952. The van der Waals surface area contributed by atoms with Crippen molar-refractivity contribution in [3.05, 3.63) is 100 Å². The largest absolute Gasteiger partial charge is 0.493 e. The first-order valence-electron chi connectivity index (χ1n) is 9.15. The zero-order chi connectivity index (χ0) is 20.7. The van der Waals surface area contributed by atoms with Crippen LogP contribution in [0.4, 0.5) is 0 Å². The molecular formula is C23H21BrN2O3. The Morgan fingerprint density at radius 2 is 1.66 bits per heavy atom. The fourth-order valence-electron chi connectivity index (χ4n) is 2.94. The number of benzene rings is 3. The van der Waals surface area contributed by atoms with Crippen molar-refractivity contribution in [1.82, 2.24) is 5.43 Å². The van der Waals surface area contributed by atoms with Gasteiger partial charge in [-0.1, -0.05) is 76.6 Å². The lowest BCUT2D eigenvalue weighted by molar-refractivity contribution is -0.136. The van der Waals surface area contributed by atoms with Gasteiger partial charge in [0.05, 0.1) is 12.8 Å². The van der Waals surface area contributed by atoms with Gasteiger partial charge in [-0.15, -0.1) is 0 Å². The number of amides is 1. The van der Waals surface area contributed by atoms with E-state index in [2.05, 4.69) is 26.5 Å². The molecule has 0 bridgehead atoms. The van der Waals surface area contributed by atoms with Crippen LogP contribution in [0.5, 0.6) is 5.75 Å². The summed E-state index contributed by atoms with van der Waals surface area (Å²) in [4.78, 5) is 13.0. The molecule has 29 heavy (non-hydrogen) atoms. The first-order chi connectivity index (χ1) is 14.1. The highest BCUT2D eigenvalue weighted by Crippen LogP contribution is 2.30. The molecule has 2 N–H and O–H groups in total. The maximum atomic E-state index is 13.0. The second-order valence-electron chi connectivity index (χ2n) is 6.26. The number of nitrogens with zero attached hydrogens (tertiary/aromatic N) is 1. The Labute approximate surface area is 178 Å². The average Bonchev–Trinajstić information content (AvgIpc) is 2.76. The van der Waals surface area contributed by atoms with E-state index in [1.807, 2.05) is 37.3 Å². The number of nitrogens with one attached hydrogen (secondary N) is 1. The van der Waals surface area contributed by atoms with Gasteiger partial charge < -0.3 is 9.84 Å². The molecule has 0 aliphatic rings. The van der Waals surface area contributed by atoms with Crippen LogP contribution >= 0.6 is 15.9 Å². The molecule has 1 amide bonds. The molecular weight excluding hydrogens is 432 g/mol. The van der Waals surface area contributed by atoms with Crippen molar-refractivity contribution in [3.63, 3.8) is 0 Å². The SMILES string of the molecule is CCOc1ccc(Br)cc1C=NNC(=O)C(O)(c1ccccc1)c1ccccc1. The number of hydrogen-bond donors (Lipinski definition) is 2. The quantitative estimate of drug-likeness (QED) is 0.416. The predicted octanol–water partition coefficient (Wildman–Crippen LogP) is 4.23. The number of hydrogen-bond acceptors (Lipinski definition) is 4. The minimum Gasteiger partial charge on any atom is -0.493 e. The average molecular weight is 453 g/mol. The molecule has 3 aromatic rings. The topological polar surface area (TPSA) is 70.9 Å². The van der Waals surface area contributed by atoms with Gasteiger partial charge in [0.2, 0.25) is 0 Å².